The van der Waals surface area contributed by atoms with Crippen LogP contribution in [0, 0.1) is 12.8 Å². The van der Waals surface area contributed by atoms with Gasteiger partial charge in [0.1, 0.15) is 6.04 Å². The van der Waals surface area contributed by atoms with E-state index in [1.54, 1.807) is 19.1 Å². The minimum Gasteiger partial charge on any atom is -0.480 e. The van der Waals surface area contributed by atoms with E-state index in [4.69, 9.17) is 0 Å². The number of carbonyl (C=O) groups is 3. The standard InChI is InChI=1S/C41H45N3O4/c1-4-29-25-32(27(3)45)23-26(2)38(29)40(46)43-37(41(47)48)24-28-14-16-33(17-15-28)44-21-18-31(19-22-44)39-36(13-8-20-42-39)35-12-7-10-30-9-5-6-11-34(30)35/h5-12,14-17,20,23,25,31,36-37,39,42H,4,13,18-19,21-22,24H2,1-3H3,(H,43,46)(H,47,48). The molecule has 2 aliphatic heterocycles. The van der Waals surface area contributed by atoms with Crippen molar-refractivity contribution in [1.82, 2.24) is 10.6 Å². The summed E-state index contributed by atoms with van der Waals surface area (Å²) in [5.41, 5.74) is 5.78. The van der Waals surface area contributed by atoms with Crippen molar-refractivity contribution in [2.24, 2.45) is 5.92 Å². The van der Waals surface area contributed by atoms with Crippen LogP contribution in [-0.2, 0) is 17.6 Å². The summed E-state index contributed by atoms with van der Waals surface area (Å²) in [7, 11) is 0. The van der Waals surface area contributed by atoms with E-state index in [0.717, 1.165) is 49.2 Å². The first-order valence-electron chi connectivity index (χ1n) is 17.1. The third kappa shape index (κ3) is 7.01. The predicted molar refractivity (Wildman–Crippen MR) is 192 cm³/mol. The number of hydrogen-bond acceptors (Lipinski definition) is 5. The number of Topliss-reactive ketones (excluding diaryl/α,β-unsaturated/α-hetero) is 1. The lowest BCUT2D eigenvalue weighted by Gasteiger charge is -2.42. The molecular weight excluding hydrogens is 598 g/mol. The van der Waals surface area contributed by atoms with Crippen LogP contribution in [0.4, 0.5) is 5.69 Å². The number of ketones is 1. The smallest absolute Gasteiger partial charge is 0.326 e. The SMILES string of the molecule is CCc1cc(C(C)=O)cc(C)c1C(=O)NC(Cc1ccc(N2CCC(C3NC=CCC3c3cccc4ccccc34)CC2)cc1)C(=O)O. The fraction of sp³-hybridized carbons (Fsp3) is 0.341. The molecular formula is C41H45N3O4. The summed E-state index contributed by atoms with van der Waals surface area (Å²) in [6.45, 7) is 7.12. The molecule has 2 heterocycles. The highest BCUT2D eigenvalue weighted by atomic mass is 16.4. The number of carboxylic acids is 1. The van der Waals surface area contributed by atoms with Crippen molar-refractivity contribution in [3.63, 3.8) is 0 Å². The zero-order valence-electron chi connectivity index (χ0n) is 28.0. The van der Waals surface area contributed by atoms with Crippen LogP contribution in [0.25, 0.3) is 10.8 Å². The van der Waals surface area contributed by atoms with Crippen molar-refractivity contribution in [3.05, 3.63) is 125 Å². The summed E-state index contributed by atoms with van der Waals surface area (Å²) >= 11 is 0. The van der Waals surface area contributed by atoms with E-state index in [9.17, 15) is 19.5 Å². The Kier molecular flexibility index (Phi) is 9.95. The van der Waals surface area contributed by atoms with Crippen molar-refractivity contribution in [2.75, 3.05) is 18.0 Å². The second kappa shape index (κ2) is 14.5. The maximum atomic E-state index is 13.3. The third-order valence-electron chi connectivity index (χ3n) is 10.3. The zero-order valence-corrected chi connectivity index (χ0v) is 28.0. The Labute approximate surface area is 283 Å². The highest BCUT2D eigenvalue weighted by molar-refractivity contribution is 6.01. The van der Waals surface area contributed by atoms with Gasteiger partial charge in [0.25, 0.3) is 5.91 Å². The molecule has 3 N–H and O–H groups in total. The summed E-state index contributed by atoms with van der Waals surface area (Å²) in [4.78, 5) is 39.9. The molecule has 2 aliphatic rings. The first kappa shape index (κ1) is 33.0. The summed E-state index contributed by atoms with van der Waals surface area (Å²) in [6, 6.07) is 26.2. The molecule has 0 radical (unpaired) electrons. The van der Waals surface area contributed by atoms with Gasteiger partial charge >= 0.3 is 5.97 Å². The zero-order chi connectivity index (χ0) is 33.8. The fourth-order valence-electron chi connectivity index (χ4n) is 7.71. The van der Waals surface area contributed by atoms with Crippen molar-refractivity contribution >= 4 is 34.1 Å². The Bertz CT molecular complexity index is 1830. The second-order valence-corrected chi connectivity index (χ2v) is 13.3. The molecule has 7 nitrogen and oxygen atoms in total. The number of carboxylic acid groups (broad SMARTS) is 1. The molecule has 248 valence electrons. The number of aryl methyl sites for hydroxylation is 2. The number of carbonyl (C=O) groups excluding carboxylic acids is 2. The van der Waals surface area contributed by atoms with Gasteiger partial charge in [-0.1, -0.05) is 67.6 Å². The molecule has 0 bridgehead atoms. The summed E-state index contributed by atoms with van der Waals surface area (Å²) in [5.74, 6) is -0.599. The molecule has 1 amide bonds. The molecule has 3 atom stereocenters. The number of aliphatic carboxylic acids is 1. The number of allylic oxidation sites excluding steroid dienone is 1. The molecule has 1 saturated heterocycles. The number of amides is 1. The van der Waals surface area contributed by atoms with Gasteiger partial charge < -0.3 is 20.6 Å². The summed E-state index contributed by atoms with van der Waals surface area (Å²) in [6.07, 6.45) is 8.35. The second-order valence-electron chi connectivity index (χ2n) is 13.3. The lowest BCUT2D eigenvalue weighted by Crippen LogP contribution is -2.46. The molecule has 7 heteroatoms. The molecule has 4 aromatic carbocycles. The number of benzene rings is 4. The van der Waals surface area contributed by atoms with E-state index in [2.05, 4.69) is 82.4 Å². The quantitative estimate of drug-likeness (QED) is 0.158. The van der Waals surface area contributed by atoms with Crippen LogP contribution in [-0.4, -0.2) is 47.9 Å². The Hall–Kier alpha value is -4.91. The Balaban J connectivity index is 1.09. The molecule has 0 spiro atoms. The highest BCUT2D eigenvalue weighted by Gasteiger charge is 2.34. The predicted octanol–water partition coefficient (Wildman–Crippen LogP) is 7.21. The summed E-state index contributed by atoms with van der Waals surface area (Å²) < 4.78 is 0. The maximum Gasteiger partial charge on any atom is 0.326 e. The first-order valence-corrected chi connectivity index (χ1v) is 17.1. The van der Waals surface area contributed by atoms with Crippen LogP contribution < -0.4 is 15.5 Å². The third-order valence-corrected chi connectivity index (χ3v) is 10.3. The lowest BCUT2D eigenvalue weighted by atomic mass is 9.75. The van der Waals surface area contributed by atoms with Crippen molar-refractivity contribution in [2.45, 2.75) is 70.9 Å². The van der Waals surface area contributed by atoms with Gasteiger partial charge in [-0.25, -0.2) is 4.79 Å². The molecule has 1 fully saturated rings. The molecule has 3 unspecified atom stereocenters. The number of piperidine rings is 1. The maximum absolute atomic E-state index is 13.3. The number of hydrogen-bond donors (Lipinski definition) is 3. The Morgan fingerprint density at radius 3 is 2.42 bits per heavy atom. The Morgan fingerprint density at radius 2 is 1.71 bits per heavy atom. The Morgan fingerprint density at radius 1 is 0.979 bits per heavy atom. The van der Waals surface area contributed by atoms with E-state index in [1.807, 2.05) is 19.1 Å². The van der Waals surface area contributed by atoms with E-state index in [0.29, 0.717) is 41.0 Å². The van der Waals surface area contributed by atoms with Crippen molar-refractivity contribution in [3.8, 4) is 0 Å². The van der Waals surface area contributed by atoms with Crippen molar-refractivity contribution in [1.29, 1.82) is 0 Å². The number of nitrogens with one attached hydrogen (secondary N) is 2. The van der Waals surface area contributed by atoms with E-state index in [-0.39, 0.29) is 12.2 Å². The van der Waals surface area contributed by atoms with Crippen LogP contribution in [0.3, 0.4) is 0 Å². The van der Waals surface area contributed by atoms with Gasteiger partial charge in [0, 0.05) is 48.3 Å². The van der Waals surface area contributed by atoms with Crippen LogP contribution in [0.1, 0.15) is 82.0 Å². The minimum absolute atomic E-state index is 0.0693. The van der Waals surface area contributed by atoms with Gasteiger partial charge in [0.05, 0.1) is 0 Å². The molecule has 4 aromatic rings. The van der Waals surface area contributed by atoms with Crippen LogP contribution in [0.2, 0.25) is 0 Å². The summed E-state index contributed by atoms with van der Waals surface area (Å²) in [5, 5.41) is 19.1. The average Bonchev–Trinajstić information content (AvgIpc) is 3.11. The average molecular weight is 644 g/mol. The van der Waals surface area contributed by atoms with Crippen LogP contribution in [0.5, 0.6) is 0 Å². The first-order chi connectivity index (χ1) is 23.2. The van der Waals surface area contributed by atoms with E-state index in [1.165, 1.54) is 23.3 Å². The lowest BCUT2D eigenvalue weighted by molar-refractivity contribution is -0.139. The van der Waals surface area contributed by atoms with Gasteiger partial charge in [0.2, 0.25) is 0 Å². The van der Waals surface area contributed by atoms with Crippen LogP contribution in [0.15, 0.2) is 91.1 Å². The molecule has 0 aliphatic carbocycles. The molecule has 6 rings (SSSR count). The molecule has 0 aromatic heterocycles. The largest absolute Gasteiger partial charge is 0.480 e. The van der Waals surface area contributed by atoms with Gasteiger partial charge in [-0.3, -0.25) is 9.59 Å². The van der Waals surface area contributed by atoms with Gasteiger partial charge in [-0.05, 0) is 109 Å². The number of rotatable bonds is 10. The molecule has 0 saturated carbocycles. The number of fused-ring (bicyclic) bond motifs is 1. The number of anilines is 1. The topological polar surface area (TPSA) is 98.7 Å². The normalized spacial score (nSPS) is 18.7. The monoisotopic (exact) mass is 643 g/mol. The van der Waals surface area contributed by atoms with Gasteiger partial charge in [0.15, 0.2) is 5.78 Å². The van der Waals surface area contributed by atoms with Crippen molar-refractivity contribution < 1.29 is 19.5 Å². The van der Waals surface area contributed by atoms with E-state index >= 15 is 0 Å². The number of nitrogens with zero attached hydrogens (tertiary/aromatic N) is 1. The van der Waals surface area contributed by atoms with E-state index < -0.39 is 17.9 Å². The molecule has 48 heavy (non-hydrogen) atoms. The minimum atomic E-state index is -1.08. The highest BCUT2D eigenvalue weighted by Crippen LogP contribution is 2.38. The fourth-order valence-corrected chi connectivity index (χ4v) is 7.71. The van der Waals surface area contributed by atoms with Gasteiger partial charge in [-0.2, -0.15) is 0 Å². The van der Waals surface area contributed by atoms with Crippen LogP contribution >= 0.6 is 0 Å². The van der Waals surface area contributed by atoms with Gasteiger partial charge in [-0.15, -0.1) is 0 Å².